The lowest BCUT2D eigenvalue weighted by molar-refractivity contribution is -0.122. The van der Waals surface area contributed by atoms with Crippen LogP contribution in [0.4, 0.5) is 0 Å². The molecule has 1 aliphatic rings. The minimum atomic E-state index is -0.559. The van der Waals surface area contributed by atoms with E-state index >= 15 is 0 Å². The van der Waals surface area contributed by atoms with Crippen LogP contribution in [0.3, 0.4) is 0 Å². The quantitative estimate of drug-likeness (QED) is 0.850. The maximum Gasteiger partial charge on any atom is 0.241 e. The van der Waals surface area contributed by atoms with Crippen LogP contribution >= 0.6 is 0 Å². The fourth-order valence-corrected chi connectivity index (χ4v) is 2.74. The first-order chi connectivity index (χ1) is 10.5. The summed E-state index contributed by atoms with van der Waals surface area (Å²) in [5, 5.41) is 13.7. The first-order valence-electron chi connectivity index (χ1n) is 7.14. The van der Waals surface area contributed by atoms with Gasteiger partial charge in [-0.05, 0) is 19.4 Å². The van der Waals surface area contributed by atoms with E-state index in [4.69, 9.17) is 10.3 Å². The zero-order valence-electron chi connectivity index (χ0n) is 12.3. The van der Waals surface area contributed by atoms with Gasteiger partial charge in [-0.15, -0.1) is 0 Å². The van der Waals surface area contributed by atoms with Crippen molar-refractivity contribution in [3.8, 4) is 11.4 Å². The first kappa shape index (κ1) is 14.7. The highest BCUT2D eigenvalue weighted by molar-refractivity contribution is 5.80. The van der Waals surface area contributed by atoms with Crippen molar-refractivity contribution < 1.29 is 14.4 Å². The van der Waals surface area contributed by atoms with Crippen LogP contribution in [0.15, 0.2) is 28.8 Å². The second-order valence-electron chi connectivity index (χ2n) is 5.62. The lowest BCUT2D eigenvalue weighted by atomic mass is 10.1. The summed E-state index contributed by atoms with van der Waals surface area (Å²) in [5.41, 5.74) is 7.35. The number of primary amides is 1. The van der Waals surface area contributed by atoms with Crippen molar-refractivity contribution in [3.63, 3.8) is 0 Å². The molecule has 2 heterocycles. The molecule has 3 N–H and O–H groups in total. The summed E-state index contributed by atoms with van der Waals surface area (Å²) in [5.74, 6) is 0.459. The number of carbonyl (C=O) groups is 1. The highest BCUT2D eigenvalue weighted by Crippen LogP contribution is 2.22. The van der Waals surface area contributed by atoms with Crippen molar-refractivity contribution in [3.05, 3.63) is 35.7 Å². The number of β-amino-alcohol motifs (C(OH)–C–C–N with tert-alkyl or cyclic N) is 1. The number of hydrogen-bond acceptors (Lipinski definition) is 6. The predicted molar refractivity (Wildman–Crippen MR) is 78.5 cm³/mol. The van der Waals surface area contributed by atoms with Gasteiger partial charge in [0, 0.05) is 12.1 Å². The van der Waals surface area contributed by atoms with Gasteiger partial charge in [0.15, 0.2) is 0 Å². The van der Waals surface area contributed by atoms with Gasteiger partial charge >= 0.3 is 0 Å². The van der Waals surface area contributed by atoms with Gasteiger partial charge in [-0.25, -0.2) is 0 Å². The minimum absolute atomic E-state index is 0.295. The monoisotopic (exact) mass is 302 g/mol. The van der Waals surface area contributed by atoms with E-state index in [0.29, 0.717) is 31.2 Å². The summed E-state index contributed by atoms with van der Waals surface area (Å²) in [6.07, 6.45) is -0.217. The van der Waals surface area contributed by atoms with Crippen molar-refractivity contribution in [2.24, 2.45) is 5.73 Å². The van der Waals surface area contributed by atoms with Gasteiger partial charge in [0.05, 0.1) is 18.7 Å². The Morgan fingerprint density at radius 3 is 3.09 bits per heavy atom. The molecule has 22 heavy (non-hydrogen) atoms. The van der Waals surface area contributed by atoms with Crippen LogP contribution in [-0.4, -0.2) is 44.7 Å². The fraction of sp³-hybridized carbons (Fsp3) is 0.400. The van der Waals surface area contributed by atoms with Gasteiger partial charge in [-0.2, -0.15) is 4.98 Å². The number of aryl methyl sites for hydroxylation is 1. The standard InChI is InChI=1S/C15H18N4O3/c1-9-3-2-4-10(5-9)15-17-13(22-18-15)8-19-7-11(20)6-12(19)14(16)21/h2-5,11-12,20H,6-8H2,1H3,(H2,16,21)/t11-,12-/m0/s1. The molecule has 116 valence electrons. The van der Waals surface area contributed by atoms with E-state index in [0.717, 1.165) is 11.1 Å². The third-order valence-corrected chi connectivity index (χ3v) is 3.79. The van der Waals surface area contributed by atoms with Crippen LogP contribution in [0.2, 0.25) is 0 Å². The van der Waals surface area contributed by atoms with Crippen LogP contribution < -0.4 is 5.73 Å². The number of aromatic nitrogens is 2. The maximum absolute atomic E-state index is 11.4. The number of nitrogens with zero attached hydrogens (tertiary/aromatic N) is 3. The number of likely N-dealkylation sites (tertiary alicyclic amines) is 1. The van der Waals surface area contributed by atoms with Crippen LogP contribution in [0.25, 0.3) is 11.4 Å². The Balaban J connectivity index is 1.76. The lowest BCUT2D eigenvalue weighted by Crippen LogP contribution is -2.39. The number of amides is 1. The highest BCUT2D eigenvalue weighted by Gasteiger charge is 2.35. The van der Waals surface area contributed by atoms with Gasteiger partial charge in [-0.1, -0.05) is 28.9 Å². The smallest absolute Gasteiger partial charge is 0.241 e. The SMILES string of the molecule is Cc1cccc(-c2noc(CN3C[C@@H](O)C[C@H]3C(N)=O)n2)c1. The number of aliphatic hydroxyl groups is 1. The molecule has 1 amide bonds. The molecule has 3 rings (SSSR count). The van der Waals surface area contributed by atoms with E-state index < -0.39 is 18.1 Å². The third-order valence-electron chi connectivity index (χ3n) is 3.79. The molecule has 0 radical (unpaired) electrons. The Hall–Kier alpha value is -2.25. The van der Waals surface area contributed by atoms with Gasteiger partial charge in [0.2, 0.25) is 17.6 Å². The average Bonchev–Trinajstić information content (AvgIpc) is 3.06. The highest BCUT2D eigenvalue weighted by atomic mass is 16.5. The maximum atomic E-state index is 11.4. The van der Waals surface area contributed by atoms with Gasteiger partial charge in [-0.3, -0.25) is 9.69 Å². The minimum Gasteiger partial charge on any atom is -0.392 e. The molecule has 1 aromatic carbocycles. The molecule has 2 atom stereocenters. The third kappa shape index (κ3) is 3.00. The molecule has 0 aliphatic carbocycles. The van der Waals surface area contributed by atoms with Crippen molar-refractivity contribution in [1.29, 1.82) is 0 Å². The zero-order chi connectivity index (χ0) is 15.7. The molecule has 1 fully saturated rings. The second-order valence-corrected chi connectivity index (χ2v) is 5.62. The van der Waals surface area contributed by atoms with Crippen LogP contribution in [-0.2, 0) is 11.3 Å². The van der Waals surface area contributed by atoms with Crippen LogP contribution in [0, 0.1) is 6.92 Å². The van der Waals surface area contributed by atoms with E-state index in [9.17, 15) is 9.90 Å². The van der Waals surface area contributed by atoms with Crippen LogP contribution in [0.1, 0.15) is 17.9 Å². The molecule has 1 aliphatic heterocycles. The topological polar surface area (TPSA) is 105 Å². The number of nitrogens with two attached hydrogens (primary N) is 1. The van der Waals surface area contributed by atoms with Crippen molar-refractivity contribution >= 4 is 5.91 Å². The summed E-state index contributed by atoms with van der Waals surface area (Å²) in [4.78, 5) is 17.5. The molecular weight excluding hydrogens is 284 g/mol. The summed E-state index contributed by atoms with van der Waals surface area (Å²) < 4.78 is 5.25. The Labute approximate surface area is 127 Å². The summed E-state index contributed by atoms with van der Waals surface area (Å²) in [6, 6.07) is 7.31. The zero-order valence-corrected chi connectivity index (χ0v) is 12.3. The molecular formula is C15H18N4O3. The normalized spacial score (nSPS) is 22.1. The van der Waals surface area contributed by atoms with E-state index in [-0.39, 0.29) is 0 Å². The molecule has 0 spiro atoms. The molecule has 1 saturated heterocycles. The number of rotatable bonds is 4. The number of carbonyl (C=O) groups excluding carboxylic acids is 1. The summed E-state index contributed by atoms with van der Waals surface area (Å²) in [6.45, 7) is 2.66. The Morgan fingerprint density at radius 2 is 2.36 bits per heavy atom. The molecule has 7 nitrogen and oxygen atoms in total. The summed E-state index contributed by atoms with van der Waals surface area (Å²) in [7, 11) is 0. The van der Waals surface area contributed by atoms with Crippen LogP contribution in [0.5, 0.6) is 0 Å². The lowest BCUT2D eigenvalue weighted by Gasteiger charge is -2.18. The number of hydrogen-bond donors (Lipinski definition) is 2. The predicted octanol–water partition coefficient (Wildman–Crippen LogP) is 0.466. The van der Waals surface area contributed by atoms with E-state index in [1.165, 1.54) is 0 Å². The Kier molecular flexibility index (Phi) is 3.91. The molecule has 0 bridgehead atoms. The van der Waals surface area contributed by atoms with E-state index in [1.54, 1.807) is 4.90 Å². The molecule has 1 aromatic heterocycles. The van der Waals surface area contributed by atoms with E-state index in [2.05, 4.69) is 10.1 Å². The van der Waals surface area contributed by atoms with Crippen molar-refractivity contribution in [2.75, 3.05) is 6.54 Å². The second kappa shape index (κ2) is 5.86. The number of aliphatic hydroxyl groups excluding tert-OH is 1. The van der Waals surface area contributed by atoms with Crippen molar-refractivity contribution in [2.45, 2.75) is 32.0 Å². The average molecular weight is 302 g/mol. The van der Waals surface area contributed by atoms with Gasteiger partial charge < -0.3 is 15.4 Å². The molecule has 2 aromatic rings. The summed E-state index contributed by atoms with van der Waals surface area (Å²) >= 11 is 0. The van der Waals surface area contributed by atoms with Gasteiger partial charge in [0.25, 0.3) is 0 Å². The Morgan fingerprint density at radius 1 is 1.55 bits per heavy atom. The number of benzene rings is 1. The first-order valence-corrected chi connectivity index (χ1v) is 7.14. The molecule has 0 saturated carbocycles. The van der Waals surface area contributed by atoms with Crippen molar-refractivity contribution in [1.82, 2.24) is 15.0 Å². The molecule has 7 heteroatoms. The Bertz CT molecular complexity index is 685. The van der Waals surface area contributed by atoms with E-state index in [1.807, 2.05) is 31.2 Å². The fourth-order valence-electron chi connectivity index (χ4n) is 2.74. The van der Waals surface area contributed by atoms with Gasteiger partial charge in [0.1, 0.15) is 0 Å². The molecule has 0 unspecified atom stereocenters. The largest absolute Gasteiger partial charge is 0.392 e.